The van der Waals surface area contributed by atoms with Crippen LogP contribution in [0, 0.1) is 11.8 Å². The van der Waals surface area contributed by atoms with E-state index in [2.05, 4.69) is 15.9 Å². The minimum Gasteiger partial charge on any atom is -0.497 e. The highest BCUT2D eigenvalue weighted by Crippen LogP contribution is 2.46. The summed E-state index contributed by atoms with van der Waals surface area (Å²) in [5, 5.41) is 1.51. The van der Waals surface area contributed by atoms with Gasteiger partial charge in [-0.05, 0) is 74.6 Å². The Morgan fingerprint density at radius 3 is 2.49 bits per heavy atom. The fourth-order valence-electron chi connectivity index (χ4n) is 7.51. The van der Waals surface area contributed by atoms with E-state index in [1.54, 1.807) is 48.4 Å². The first-order chi connectivity index (χ1) is 25.5. The van der Waals surface area contributed by atoms with Gasteiger partial charge in [-0.1, -0.05) is 47.0 Å². The summed E-state index contributed by atoms with van der Waals surface area (Å²) in [5.74, 6) is 5.71. The molecule has 0 aromatic heterocycles. The molecule has 0 radical (unpaired) electrons. The Labute approximate surface area is 319 Å². The van der Waals surface area contributed by atoms with Crippen LogP contribution < -0.4 is 25.8 Å². The van der Waals surface area contributed by atoms with Gasteiger partial charge in [0.05, 0.1) is 31.8 Å². The third-order valence-corrected chi connectivity index (χ3v) is 11.1. The molecule has 3 aromatic rings. The van der Waals surface area contributed by atoms with Crippen LogP contribution in [0.4, 0.5) is 0 Å². The van der Waals surface area contributed by atoms with E-state index in [0.717, 1.165) is 28.4 Å². The highest BCUT2D eigenvalue weighted by molar-refractivity contribution is 9.10. The molecule has 2 heterocycles. The number of carbonyl (C=O) groups is 3. The minimum absolute atomic E-state index is 0.00491. The first-order valence-corrected chi connectivity index (χ1v) is 18.8. The van der Waals surface area contributed by atoms with Gasteiger partial charge in [0.25, 0.3) is 5.91 Å². The van der Waals surface area contributed by atoms with Crippen molar-refractivity contribution in [1.29, 1.82) is 0 Å². The number of carbonyl (C=O) groups excluding carboxylic acids is 3. The van der Waals surface area contributed by atoms with Crippen LogP contribution in [0.25, 0.3) is 0 Å². The molecule has 2 amide bonds. The van der Waals surface area contributed by atoms with E-state index in [9.17, 15) is 14.4 Å². The fraction of sp³-hybridized carbons (Fsp3) is 0.425. The number of esters is 1. The predicted molar refractivity (Wildman–Crippen MR) is 202 cm³/mol. The molecule has 3 aromatic carbocycles. The number of hydrazine groups is 1. The number of benzene rings is 3. The van der Waals surface area contributed by atoms with E-state index in [4.69, 9.17) is 30.5 Å². The van der Waals surface area contributed by atoms with Crippen molar-refractivity contribution >= 4 is 33.7 Å². The topological polar surface area (TPSA) is 150 Å². The van der Waals surface area contributed by atoms with E-state index in [-0.39, 0.29) is 31.1 Å². The van der Waals surface area contributed by atoms with Crippen LogP contribution in [0.1, 0.15) is 78.3 Å². The first-order valence-electron chi connectivity index (χ1n) is 18.0. The number of nitrogens with two attached hydrogens (primary N) is 2. The van der Waals surface area contributed by atoms with Crippen molar-refractivity contribution < 1.29 is 33.3 Å². The molecule has 3 aliphatic rings. The van der Waals surface area contributed by atoms with Crippen molar-refractivity contribution in [3.05, 3.63) is 98.8 Å². The maximum absolute atomic E-state index is 15.0. The van der Waals surface area contributed by atoms with Crippen LogP contribution in [-0.2, 0) is 33.9 Å². The van der Waals surface area contributed by atoms with Crippen LogP contribution in [0.15, 0.2) is 71.0 Å². The summed E-state index contributed by atoms with van der Waals surface area (Å²) in [6.45, 7) is 4.59. The highest BCUT2D eigenvalue weighted by Gasteiger charge is 2.47. The molecule has 1 fully saturated rings. The van der Waals surface area contributed by atoms with Crippen LogP contribution >= 0.6 is 15.9 Å². The standard InChI is InChI=1S/C40H48BrN5O7/c1-24(2)46(43)21-27(42)23-52-34-16-15-33(41)32-17-18-44(37(36(32)34)45-20-25-9-5-6-10-29(25)38(45)47)39(48)30-11-7-8-12-31(30)40(49)53-22-26-13-14-28(50-3)19-35(26)51-4/h5-6,9-10,13-16,19,21,24,30-31,37H,7-8,11-12,17-18,20,22-23,42-43H2,1-4H3/b27-21-/t30-,31+,37?/m1/s1. The van der Waals surface area contributed by atoms with Crippen molar-refractivity contribution in [1.82, 2.24) is 14.8 Å². The molecule has 6 rings (SSSR count). The van der Waals surface area contributed by atoms with Crippen LogP contribution in [0.3, 0.4) is 0 Å². The van der Waals surface area contributed by atoms with Gasteiger partial charge in [-0.3, -0.25) is 14.4 Å². The van der Waals surface area contributed by atoms with Crippen LogP contribution in [-0.4, -0.2) is 66.0 Å². The lowest BCUT2D eigenvalue weighted by Crippen LogP contribution is -2.52. The average molecular weight is 791 g/mol. The smallest absolute Gasteiger partial charge is 0.310 e. The number of rotatable bonds is 12. The molecule has 4 N–H and O–H groups in total. The van der Waals surface area contributed by atoms with Gasteiger partial charge in [-0.2, -0.15) is 0 Å². The van der Waals surface area contributed by atoms with E-state index in [1.807, 2.05) is 50.2 Å². The molecule has 0 spiro atoms. The normalized spacial score (nSPS) is 19.8. The molecular formula is C40H48BrN5O7. The Morgan fingerprint density at radius 2 is 1.77 bits per heavy atom. The fourth-order valence-corrected chi connectivity index (χ4v) is 8.05. The van der Waals surface area contributed by atoms with Crippen molar-refractivity contribution in [3.8, 4) is 17.2 Å². The van der Waals surface area contributed by atoms with Crippen molar-refractivity contribution in [2.24, 2.45) is 23.4 Å². The van der Waals surface area contributed by atoms with Crippen molar-refractivity contribution in [2.75, 3.05) is 27.4 Å². The number of amides is 2. The van der Waals surface area contributed by atoms with E-state index < -0.39 is 24.0 Å². The Hall–Kier alpha value is -4.75. The number of nitrogens with zero attached hydrogens (tertiary/aromatic N) is 3. The molecule has 12 nitrogen and oxygen atoms in total. The van der Waals surface area contributed by atoms with Gasteiger partial charge >= 0.3 is 5.97 Å². The Bertz CT molecular complexity index is 1880. The second-order valence-electron chi connectivity index (χ2n) is 14.0. The molecule has 0 saturated heterocycles. The lowest BCUT2D eigenvalue weighted by Gasteiger charge is -2.45. The molecule has 282 valence electrons. The maximum Gasteiger partial charge on any atom is 0.310 e. The quantitative estimate of drug-likeness (QED) is 0.131. The van der Waals surface area contributed by atoms with Gasteiger partial charge in [0.15, 0.2) is 0 Å². The van der Waals surface area contributed by atoms with Gasteiger partial charge in [-0.25, -0.2) is 5.84 Å². The second kappa shape index (κ2) is 16.5. The number of halogens is 1. The van der Waals surface area contributed by atoms with Crippen molar-refractivity contribution in [2.45, 2.75) is 71.3 Å². The summed E-state index contributed by atoms with van der Waals surface area (Å²) in [5.41, 5.74) is 10.6. The molecular weight excluding hydrogens is 742 g/mol. The average Bonchev–Trinajstić information content (AvgIpc) is 3.51. The SMILES string of the molecule is COc1ccc(COC(=O)[C@H]2CCCC[C@H]2C(=O)N2CCc3c(Br)ccc(OC/C(N)=C/N(N)C(C)C)c3C2N2Cc3ccccc3C2=O)c(OC)c1. The number of fused-ring (bicyclic) bond motifs is 2. The Morgan fingerprint density at radius 1 is 1.02 bits per heavy atom. The number of hydrogen-bond acceptors (Lipinski definition) is 10. The number of hydrogen-bond donors (Lipinski definition) is 2. The largest absolute Gasteiger partial charge is 0.497 e. The number of ether oxygens (including phenoxy) is 4. The minimum atomic E-state index is -0.798. The monoisotopic (exact) mass is 789 g/mol. The molecule has 2 aliphatic heterocycles. The van der Waals surface area contributed by atoms with E-state index >= 15 is 0 Å². The van der Waals surface area contributed by atoms with Gasteiger partial charge in [0, 0.05) is 52.6 Å². The molecule has 0 bridgehead atoms. The molecule has 13 heteroatoms. The molecule has 53 heavy (non-hydrogen) atoms. The summed E-state index contributed by atoms with van der Waals surface area (Å²) in [7, 11) is 3.12. The van der Waals surface area contributed by atoms with Gasteiger partial charge < -0.3 is 39.5 Å². The lowest BCUT2D eigenvalue weighted by molar-refractivity contribution is -0.160. The Kier molecular flexibility index (Phi) is 11.8. The molecule has 3 atom stereocenters. The predicted octanol–water partition coefficient (Wildman–Crippen LogP) is 5.82. The zero-order chi connectivity index (χ0) is 37.8. The zero-order valence-corrected chi connectivity index (χ0v) is 32.3. The summed E-state index contributed by atoms with van der Waals surface area (Å²) < 4.78 is 23.9. The molecule has 1 aliphatic carbocycles. The van der Waals surface area contributed by atoms with Crippen LogP contribution in [0.2, 0.25) is 0 Å². The third kappa shape index (κ3) is 7.96. The van der Waals surface area contributed by atoms with E-state index in [0.29, 0.717) is 72.0 Å². The van der Waals surface area contributed by atoms with E-state index in [1.165, 1.54) is 5.01 Å². The molecule has 1 unspecified atom stereocenters. The third-order valence-electron chi connectivity index (χ3n) is 10.4. The highest BCUT2D eigenvalue weighted by atomic mass is 79.9. The van der Waals surface area contributed by atoms with Gasteiger partial charge in [0.1, 0.15) is 36.6 Å². The second-order valence-corrected chi connectivity index (χ2v) is 14.9. The Balaban J connectivity index is 1.32. The van der Waals surface area contributed by atoms with Gasteiger partial charge in [-0.15, -0.1) is 0 Å². The zero-order valence-electron chi connectivity index (χ0n) is 30.7. The summed E-state index contributed by atoms with van der Waals surface area (Å²) >= 11 is 3.74. The van der Waals surface area contributed by atoms with Crippen molar-refractivity contribution in [3.63, 3.8) is 0 Å². The summed E-state index contributed by atoms with van der Waals surface area (Å²) in [6.07, 6.45) is 4.01. The van der Waals surface area contributed by atoms with Crippen LogP contribution in [0.5, 0.6) is 17.2 Å². The number of methoxy groups -OCH3 is 2. The maximum atomic E-state index is 15.0. The summed E-state index contributed by atoms with van der Waals surface area (Å²) in [6, 6.07) is 16.6. The first kappa shape index (κ1) is 38.0. The van der Waals surface area contributed by atoms with Gasteiger partial charge in [0.2, 0.25) is 5.91 Å². The summed E-state index contributed by atoms with van der Waals surface area (Å²) in [4.78, 5) is 46.5. The lowest BCUT2D eigenvalue weighted by atomic mass is 9.78. The molecule has 1 saturated carbocycles.